The van der Waals surface area contributed by atoms with E-state index in [0.29, 0.717) is 29.1 Å². The second-order valence-electron chi connectivity index (χ2n) is 12.6. The maximum atomic E-state index is 14.4. The first kappa shape index (κ1) is 30.6. The Morgan fingerprint density at radius 3 is 2.43 bits per heavy atom. The van der Waals surface area contributed by atoms with Crippen molar-refractivity contribution in [1.29, 1.82) is 0 Å². The Morgan fingerprint density at radius 1 is 1.07 bits per heavy atom. The minimum Gasteiger partial charge on any atom is -0.339 e. The SMILES string of the molecule is CC(C)N(C)C(=O)c1cc(F)ccc1-n1cc(C2CCC(NCC3CCC(NS(C)(=O)=O)CC3)CC2)c2ccncc21. The van der Waals surface area contributed by atoms with Crippen molar-refractivity contribution in [2.24, 2.45) is 5.92 Å². The van der Waals surface area contributed by atoms with Gasteiger partial charge in [-0.2, -0.15) is 0 Å². The highest BCUT2D eigenvalue weighted by Crippen LogP contribution is 2.39. The van der Waals surface area contributed by atoms with Crippen LogP contribution in [0.1, 0.15) is 87.1 Å². The van der Waals surface area contributed by atoms with Crippen molar-refractivity contribution in [2.75, 3.05) is 19.8 Å². The van der Waals surface area contributed by atoms with E-state index in [9.17, 15) is 17.6 Å². The van der Waals surface area contributed by atoms with Gasteiger partial charge < -0.3 is 14.8 Å². The summed E-state index contributed by atoms with van der Waals surface area (Å²) < 4.78 is 42.2. The fourth-order valence-electron chi connectivity index (χ4n) is 6.67. The summed E-state index contributed by atoms with van der Waals surface area (Å²) in [6, 6.07) is 7.03. The number of pyridine rings is 1. The largest absolute Gasteiger partial charge is 0.339 e. The van der Waals surface area contributed by atoms with E-state index < -0.39 is 15.8 Å². The molecule has 228 valence electrons. The van der Waals surface area contributed by atoms with Crippen LogP contribution in [0.3, 0.4) is 0 Å². The molecular formula is C32H44FN5O3S. The first-order valence-electron chi connectivity index (χ1n) is 15.2. The average Bonchev–Trinajstić information content (AvgIpc) is 3.35. The monoisotopic (exact) mass is 597 g/mol. The predicted molar refractivity (Wildman–Crippen MR) is 165 cm³/mol. The summed E-state index contributed by atoms with van der Waals surface area (Å²) in [5, 5.41) is 4.93. The number of carbonyl (C=O) groups is 1. The van der Waals surface area contributed by atoms with Gasteiger partial charge in [-0.25, -0.2) is 17.5 Å². The second kappa shape index (κ2) is 12.8. The van der Waals surface area contributed by atoms with Crippen molar-refractivity contribution in [3.05, 3.63) is 59.8 Å². The molecule has 2 aliphatic carbocycles. The number of nitrogens with one attached hydrogen (secondary N) is 2. The van der Waals surface area contributed by atoms with Crippen molar-refractivity contribution in [3.8, 4) is 5.69 Å². The maximum Gasteiger partial charge on any atom is 0.256 e. The van der Waals surface area contributed by atoms with Crippen LogP contribution in [-0.4, -0.2) is 66.7 Å². The van der Waals surface area contributed by atoms with Gasteiger partial charge in [-0.1, -0.05) is 0 Å². The molecule has 2 saturated carbocycles. The smallest absolute Gasteiger partial charge is 0.256 e. The number of fused-ring (bicyclic) bond motifs is 1. The summed E-state index contributed by atoms with van der Waals surface area (Å²) in [6.45, 7) is 4.87. The van der Waals surface area contributed by atoms with Crippen molar-refractivity contribution in [2.45, 2.75) is 89.3 Å². The van der Waals surface area contributed by atoms with E-state index in [1.54, 1.807) is 18.0 Å². The lowest BCUT2D eigenvalue weighted by molar-refractivity contribution is 0.0754. The van der Waals surface area contributed by atoms with E-state index in [-0.39, 0.29) is 18.0 Å². The van der Waals surface area contributed by atoms with Crippen LogP contribution in [0.4, 0.5) is 4.39 Å². The molecule has 0 spiro atoms. The Morgan fingerprint density at radius 2 is 1.76 bits per heavy atom. The van der Waals surface area contributed by atoms with Crippen LogP contribution in [0.2, 0.25) is 0 Å². The zero-order valence-corrected chi connectivity index (χ0v) is 26.0. The molecule has 2 N–H and O–H groups in total. The van der Waals surface area contributed by atoms with Crippen LogP contribution in [0.15, 0.2) is 42.9 Å². The molecule has 0 unspecified atom stereocenters. The highest BCUT2D eigenvalue weighted by Gasteiger charge is 2.28. The molecule has 0 aliphatic heterocycles. The van der Waals surface area contributed by atoms with Gasteiger partial charge in [0.2, 0.25) is 10.0 Å². The molecule has 8 nitrogen and oxygen atoms in total. The van der Waals surface area contributed by atoms with Crippen LogP contribution in [0, 0.1) is 11.7 Å². The van der Waals surface area contributed by atoms with Crippen LogP contribution < -0.4 is 10.0 Å². The topological polar surface area (TPSA) is 96.3 Å². The molecule has 42 heavy (non-hydrogen) atoms. The number of aromatic nitrogens is 2. The molecule has 0 radical (unpaired) electrons. The lowest BCUT2D eigenvalue weighted by Crippen LogP contribution is -2.40. The van der Waals surface area contributed by atoms with Gasteiger partial charge in [0.1, 0.15) is 5.82 Å². The van der Waals surface area contributed by atoms with Gasteiger partial charge in [-0.15, -0.1) is 0 Å². The highest BCUT2D eigenvalue weighted by molar-refractivity contribution is 7.88. The molecule has 2 aliphatic rings. The van der Waals surface area contributed by atoms with Crippen molar-refractivity contribution < 1.29 is 17.6 Å². The molecule has 3 aromatic rings. The number of hydrogen-bond donors (Lipinski definition) is 2. The minimum absolute atomic E-state index is 0.0111. The van der Waals surface area contributed by atoms with E-state index in [0.717, 1.165) is 68.8 Å². The number of sulfonamides is 1. The first-order valence-corrected chi connectivity index (χ1v) is 17.1. The zero-order chi connectivity index (χ0) is 30.0. The fourth-order valence-corrected chi connectivity index (χ4v) is 7.51. The average molecular weight is 598 g/mol. The maximum absolute atomic E-state index is 14.4. The molecule has 10 heteroatoms. The first-order chi connectivity index (χ1) is 20.0. The molecule has 2 heterocycles. The summed E-state index contributed by atoms with van der Waals surface area (Å²) >= 11 is 0. The van der Waals surface area contributed by atoms with Gasteiger partial charge >= 0.3 is 0 Å². The Balaban J connectivity index is 1.27. The van der Waals surface area contributed by atoms with Gasteiger partial charge in [0.25, 0.3) is 5.91 Å². The molecular weight excluding hydrogens is 553 g/mol. The van der Waals surface area contributed by atoms with E-state index in [1.165, 1.54) is 24.0 Å². The lowest BCUT2D eigenvalue weighted by atomic mass is 9.81. The standard InChI is InChI=1S/C32H44FN5O3S/c1-21(2)37(3)32(39)28-17-24(33)9-14-30(28)38-20-29(27-15-16-34-19-31(27)38)23-7-12-25(13-8-23)35-18-22-5-10-26(11-6-22)36-42(4,40)41/h9,14-17,19-23,25-26,35-36H,5-8,10-13,18H2,1-4H3. The van der Waals surface area contributed by atoms with Crippen LogP contribution >= 0.6 is 0 Å². The summed E-state index contributed by atoms with van der Waals surface area (Å²) in [4.78, 5) is 19.4. The Labute approximate surface area is 249 Å². The molecule has 0 atom stereocenters. The van der Waals surface area contributed by atoms with Crippen LogP contribution in [-0.2, 0) is 10.0 Å². The fraction of sp³-hybridized carbons (Fsp3) is 0.562. The summed E-state index contributed by atoms with van der Waals surface area (Å²) in [5.74, 6) is 0.342. The van der Waals surface area contributed by atoms with E-state index in [1.807, 2.05) is 36.9 Å². The van der Waals surface area contributed by atoms with Crippen LogP contribution in [0.5, 0.6) is 0 Å². The lowest BCUT2D eigenvalue weighted by Gasteiger charge is -2.33. The zero-order valence-electron chi connectivity index (χ0n) is 25.1. The summed E-state index contributed by atoms with van der Waals surface area (Å²) in [7, 11) is -1.40. The number of benzene rings is 1. The molecule has 1 amide bonds. The summed E-state index contributed by atoms with van der Waals surface area (Å²) in [5.41, 5.74) is 3.17. The summed E-state index contributed by atoms with van der Waals surface area (Å²) in [6.07, 6.45) is 15.2. The van der Waals surface area contributed by atoms with Crippen molar-refractivity contribution >= 4 is 26.8 Å². The Kier molecular flexibility index (Phi) is 9.34. The van der Waals surface area contributed by atoms with Gasteiger partial charge in [-0.05, 0) is 113 Å². The van der Waals surface area contributed by atoms with E-state index in [2.05, 4.69) is 21.2 Å². The molecule has 5 rings (SSSR count). The van der Waals surface area contributed by atoms with Crippen LogP contribution in [0.25, 0.3) is 16.6 Å². The number of halogens is 1. The van der Waals surface area contributed by atoms with Gasteiger partial charge in [0, 0.05) is 43.0 Å². The van der Waals surface area contributed by atoms with E-state index >= 15 is 0 Å². The third kappa shape index (κ3) is 7.03. The van der Waals surface area contributed by atoms with Crippen molar-refractivity contribution in [1.82, 2.24) is 24.5 Å². The number of carbonyl (C=O) groups excluding carboxylic acids is 1. The molecule has 1 aromatic carbocycles. The van der Waals surface area contributed by atoms with Gasteiger partial charge in [-0.3, -0.25) is 9.78 Å². The Hall–Kier alpha value is -2.82. The van der Waals surface area contributed by atoms with Gasteiger partial charge in [0.05, 0.1) is 29.2 Å². The molecule has 2 fully saturated rings. The highest BCUT2D eigenvalue weighted by atomic mass is 32.2. The van der Waals surface area contributed by atoms with Crippen molar-refractivity contribution in [3.63, 3.8) is 0 Å². The minimum atomic E-state index is -3.14. The van der Waals surface area contributed by atoms with E-state index in [4.69, 9.17) is 0 Å². The number of rotatable bonds is 9. The number of hydrogen-bond acceptors (Lipinski definition) is 5. The number of amides is 1. The third-order valence-electron chi connectivity index (χ3n) is 9.27. The second-order valence-corrected chi connectivity index (χ2v) is 14.4. The normalized spacial score (nSPS) is 23.4. The molecule has 0 saturated heterocycles. The molecule has 2 aromatic heterocycles. The molecule has 0 bridgehead atoms. The third-order valence-corrected chi connectivity index (χ3v) is 10.0. The Bertz CT molecular complexity index is 1510. The van der Waals surface area contributed by atoms with Gasteiger partial charge in [0.15, 0.2) is 0 Å². The quantitative estimate of drug-likeness (QED) is 0.346. The predicted octanol–water partition coefficient (Wildman–Crippen LogP) is 5.37. The number of nitrogens with zero attached hydrogens (tertiary/aromatic N) is 3.